The van der Waals surface area contributed by atoms with Crippen molar-refractivity contribution < 1.29 is 19.0 Å². The molecule has 0 saturated carbocycles. The van der Waals surface area contributed by atoms with Gasteiger partial charge in [-0.3, -0.25) is 4.79 Å². The molecule has 1 fully saturated rings. The van der Waals surface area contributed by atoms with Crippen LogP contribution in [0.25, 0.3) is 0 Å². The summed E-state index contributed by atoms with van der Waals surface area (Å²) < 4.78 is 16.9. The highest BCUT2D eigenvalue weighted by molar-refractivity contribution is 5.95. The summed E-state index contributed by atoms with van der Waals surface area (Å²) in [7, 11) is 1.66. The molecule has 1 amide bonds. The lowest BCUT2D eigenvalue weighted by Crippen LogP contribution is -2.48. The first-order chi connectivity index (χ1) is 13.3. The number of amides is 1. The zero-order chi connectivity index (χ0) is 18.6. The molecule has 6 heteroatoms. The maximum atomic E-state index is 13.3. The number of ether oxygens (including phenoxy) is 3. The van der Waals surface area contributed by atoms with Gasteiger partial charge in [-0.05, 0) is 24.3 Å². The number of hydrogen-bond donors (Lipinski definition) is 1. The maximum absolute atomic E-state index is 13.3. The lowest BCUT2D eigenvalue weighted by Gasteiger charge is -2.37. The van der Waals surface area contributed by atoms with Crippen molar-refractivity contribution in [3.63, 3.8) is 0 Å². The zero-order valence-electron chi connectivity index (χ0n) is 15.4. The third-order valence-corrected chi connectivity index (χ3v) is 5.00. The van der Waals surface area contributed by atoms with E-state index in [9.17, 15) is 4.79 Å². The highest BCUT2D eigenvalue weighted by atomic mass is 16.5. The topological polar surface area (TPSA) is 60.0 Å². The molecular weight excluding hydrogens is 344 g/mol. The summed E-state index contributed by atoms with van der Waals surface area (Å²) in [5.74, 6) is 2.12. The van der Waals surface area contributed by atoms with Gasteiger partial charge in [0.25, 0.3) is 5.91 Å². The maximum Gasteiger partial charge on any atom is 0.254 e. The number of hydrogen-bond acceptors (Lipinski definition) is 5. The fourth-order valence-electron chi connectivity index (χ4n) is 3.63. The Morgan fingerprint density at radius 3 is 2.81 bits per heavy atom. The van der Waals surface area contributed by atoms with Gasteiger partial charge in [-0.25, -0.2) is 0 Å². The number of methoxy groups -OCH3 is 1. The summed E-state index contributed by atoms with van der Waals surface area (Å²) >= 11 is 0. The zero-order valence-corrected chi connectivity index (χ0v) is 15.4. The van der Waals surface area contributed by atoms with E-state index in [4.69, 9.17) is 14.2 Å². The molecule has 0 spiro atoms. The van der Waals surface area contributed by atoms with Gasteiger partial charge in [0.15, 0.2) is 11.5 Å². The van der Waals surface area contributed by atoms with Crippen LogP contribution in [-0.4, -0.2) is 50.8 Å². The van der Waals surface area contributed by atoms with E-state index in [-0.39, 0.29) is 11.9 Å². The molecule has 142 valence electrons. The predicted octanol–water partition coefficient (Wildman–Crippen LogP) is 2.64. The normalized spacial score (nSPS) is 19.3. The Kier molecular flexibility index (Phi) is 5.16. The van der Waals surface area contributed by atoms with Crippen LogP contribution in [0.4, 0.5) is 0 Å². The van der Waals surface area contributed by atoms with Gasteiger partial charge in [-0.1, -0.05) is 18.2 Å². The van der Waals surface area contributed by atoms with E-state index >= 15 is 0 Å². The summed E-state index contributed by atoms with van der Waals surface area (Å²) in [6, 6.07) is 13.2. The number of benzene rings is 2. The molecule has 4 rings (SSSR count). The number of para-hydroxylation sites is 1. The van der Waals surface area contributed by atoms with Gasteiger partial charge >= 0.3 is 0 Å². The third-order valence-electron chi connectivity index (χ3n) is 5.00. The van der Waals surface area contributed by atoms with Crippen molar-refractivity contribution >= 4 is 5.91 Å². The number of nitrogens with zero attached hydrogens (tertiary/aromatic N) is 1. The number of fused-ring (bicyclic) bond motifs is 1. The lowest BCUT2D eigenvalue weighted by molar-refractivity contribution is 0.0631. The van der Waals surface area contributed by atoms with E-state index < -0.39 is 0 Å². The van der Waals surface area contributed by atoms with Crippen LogP contribution in [0, 0.1) is 0 Å². The van der Waals surface area contributed by atoms with Gasteiger partial charge in [0.2, 0.25) is 0 Å². The molecule has 1 unspecified atom stereocenters. The molecule has 6 nitrogen and oxygen atoms in total. The standard InChI is InChI=1S/C21H24N2O4/c1-25-18-6-3-2-5-16(18)17-14-22-9-10-23(17)21(24)15-7-8-19-20(13-15)27-12-4-11-26-19/h2-3,5-8,13,17,22H,4,9-12,14H2,1H3. The highest BCUT2D eigenvalue weighted by Gasteiger charge is 2.31. The minimum atomic E-state index is -0.0848. The second kappa shape index (κ2) is 7.88. The molecule has 2 aliphatic heterocycles. The van der Waals surface area contributed by atoms with Crippen molar-refractivity contribution in [3.8, 4) is 17.2 Å². The fraction of sp³-hybridized carbons (Fsp3) is 0.381. The fourth-order valence-corrected chi connectivity index (χ4v) is 3.63. The lowest BCUT2D eigenvalue weighted by atomic mass is 10.0. The van der Waals surface area contributed by atoms with Crippen molar-refractivity contribution in [2.75, 3.05) is 40.0 Å². The molecule has 2 aromatic carbocycles. The summed E-state index contributed by atoms with van der Waals surface area (Å²) in [4.78, 5) is 15.2. The molecule has 27 heavy (non-hydrogen) atoms. The molecule has 2 aromatic rings. The predicted molar refractivity (Wildman–Crippen MR) is 102 cm³/mol. The van der Waals surface area contributed by atoms with E-state index in [1.807, 2.05) is 41.3 Å². The molecule has 0 aromatic heterocycles. The molecule has 1 saturated heterocycles. The van der Waals surface area contributed by atoms with Crippen molar-refractivity contribution in [2.45, 2.75) is 12.5 Å². The summed E-state index contributed by atoms with van der Waals surface area (Å²) in [5, 5.41) is 3.39. The van der Waals surface area contributed by atoms with Gasteiger partial charge < -0.3 is 24.4 Å². The van der Waals surface area contributed by atoms with Crippen LogP contribution >= 0.6 is 0 Å². The average molecular weight is 368 g/mol. The van der Waals surface area contributed by atoms with Gasteiger partial charge in [0.1, 0.15) is 5.75 Å². The first-order valence-corrected chi connectivity index (χ1v) is 9.32. The molecule has 0 radical (unpaired) electrons. The minimum absolute atomic E-state index is 0.0111. The Hall–Kier alpha value is -2.73. The second-order valence-electron chi connectivity index (χ2n) is 6.67. The summed E-state index contributed by atoms with van der Waals surface area (Å²) in [6.07, 6.45) is 0.839. The Bertz CT molecular complexity index is 824. The van der Waals surface area contributed by atoms with Crippen LogP contribution in [0.3, 0.4) is 0 Å². The van der Waals surface area contributed by atoms with E-state index in [1.165, 1.54) is 0 Å². The molecule has 1 N–H and O–H groups in total. The Balaban J connectivity index is 1.64. The van der Waals surface area contributed by atoms with Crippen LogP contribution in [0.2, 0.25) is 0 Å². The monoisotopic (exact) mass is 368 g/mol. The average Bonchev–Trinajstić information content (AvgIpc) is 2.98. The Morgan fingerprint density at radius 1 is 1.15 bits per heavy atom. The minimum Gasteiger partial charge on any atom is -0.496 e. The third kappa shape index (κ3) is 3.57. The first-order valence-electron chi connectivity index (χ1n) is 9.32. The highest BCUT2D eigenvalue weighted by Crippen LogP contribution is 2.34. The van der Waals surface area contributed by atoms with Crippen molar-refractivity contribution in [1.82, 2.24) is 10.2 Å². The van der Waals surface area contributed by atoms with Crippen molar-refractivity contribution in [2.24, 2.45) is 0 Å². The molecule has 1 atom stereocenters. The first kappa shape index (κ1) is 17.7. The molecule has 0 aliphatic carbocycles. The Labute approximate surface area is 159 Å². The smallest absolute Gasteiger partial charge is 0.254 e. The van der Waals surface area contributed by atoms with Crippen LogP contribution < -0.4 is 19.5 Å². The largest absolute Gasteiger partial charge is 0.496 e. The number of carbonyl (C=O) groups is 1. The number of carbonyl (C=O) groups excluding carboxylic acids is 1. The summed E-state index contributed by atoms with van der Waals surface area (Å²) in [6.45, 7) is 3.32. The van der Waals surface area contributed by atoms with E-state index in [0.29, 0.717) is 43.4 Å². The quantitative estimate of drug-likeness (QED) is 0.903. The molecule has 0 bridgehead atoms. The van der Waals surface area contributed by atoms with Crippen molar-refractivity contribution in [3.05, 3.63) is 53.6 Å². The van der Waals surface area contributed by atoms with Crippen LogP contribution in [-0.2, 0) is 0 Å². The van der Waals surface area contributed by atoms with Crippen molar-refractivity contribution in [1.29, 1.82) is 0 Å². The van der Waals surface area contributed by atoms with Gasteiger partial charge in [0, 0.05) is 37.2 Å². The number of rotatable bonds is 3. The molecular formula is C21H24N2O4. The van der Waals surface area contributed by atoms with E-state index in [1.54, 1.807) is 13.2 Å². The van der Waals surface area contributed by atoms with Gasteiger partial charge in [-0.2, -0.15) is 0 Å². The van der Waals surface area contributed by atoms with Gasteiger partial charge in [0.05, 0.1) is 26.4 Å². The van der Waals surface area contributed by atoms with Crippen LogP contribution in [0.5, 0.6) is 17.2 Å². The number of nitrogens with one attached hydrogen (secondary N) is 1. The molecule has 2 aliphatic rings. The summed E-state index contributed by atoms with van der Waals surface area (Å²) in [5.41, 5.74) is 1.62. The second-order valence-corrected chi connectivity index (χ2v) is 6.67. The van der Waals surface area contributed by atoms with Gasteiger partial charge in [-0.15, -0.1) is 0 Å². The number of piperazine rings is 1. The SMILES string of the molecule is COc1ccccc1C1CNCCN1C(=O)c1ccc2c(c1)OCCCO2. The Morgan fingerprint density at radius 2 is 1.96 bits per heavy atom. The van der Waals surface area contributed by atoms with E-state index in [0.717, 1.165) is 24.3 Å². The molecule has 2 heterocycles. The van der Waals surface area contributed by atoms with Crippen LogP contribution in [0.1, 0.15) is 28.4 Å². The van der Waals surface area contributed by atoms with Crippen LogP contribution in [0.15, 0.2) is 42.5 Å². The van der Waals surface area contributed by atoms with E-state index in [2.05, 4.69) is 5.32 Å².